The van der Waals surface area contributed by atoms with Crippen molar-refractivity contribution >= 4 is 5.82 Å². The molecular formula is C17H23N3O. The van der Waals surface area contributed by atoms with E-state index in [0.717, 1.165) is 36.6 Å². The Bertz CT molecular complexity index is 631. The Morgan fingerprint density at radius 2 is 2.14 bits per heavy atom. The third-order valence-corrected chi connectivity index (χ3v) is 3.73. The van der Waals surface area contributed by atoms with Crippen LogP contribution >= 0.6 is 0 Å². The Hall–Kier alpha value is -1.97. The van der Waals surface area contributed by atoms with E-state index in [2.05, 4.69) is 25.2 Å². The van der Waals surface area contributed by atoms with Crippen LogP contribution in [0.1, 0.15) is 32.0 Å². The number of anilines is 1. The monoisotopic (exact) mass is 285 g/mol. The molecule has 1 N–H and O–H groups in total. The highest BCUT2D eigenvalue weighted by molar-refractivity contribution is 5.60. The van der Waals surface area contributed by atoms with Gasteiger partial charge in [-0.3, -0.25) is 0 Å². The molecule has 0 amide bonds. The van der Waals surface area contributed by atoms with Crippen LogP contribution in [0.5, 0.6) is 5.75 Å². The molecule has 1 aliphatic heterocycles. The van der Waals surface area contributed by atoms with Crippen molar-refractivity contribution in [1.82, 2.24) is 9.78 Å². The first-order chi connectivity index (χ1) is 10.2. The summed E-state index contributed by atoms with van der Waals surface area (Å²) in [6.07, 6.45) is 2.09. The Kier molecular flexibility index (Phi) is 3.86. The molecular weight excluding hydrogens is 262 g/mol. The first-order valence-electron chi connectivity index (χ1n) is 7.77. The molecule has 0 saturated heterocycles. The SMILES string of the molecule is CCOc1ccccc1-n1nc(CC(C)C)c2c1NCC2. The summed E-state index contributed by atoms with van der Waals surface area (Å²) in [6, 6.07) is 8.10. The summed E-state index contributed by atoms with van der Waals surface area (Å²) in [5.74, 6) is 2.63. The van der Waals surface area contributed by atoms with Gasteiger partial charge in [-0.2, -0.15) is 5.10 Å². The van der Waals surface area contributed by atoms with Crippen LogP contribution in [-0.2, 0) is 12.8 Å². The van der Waals surface area contributed by atoms with Crippen molar-refractivity contribution in [1.29, 1.82) is 0 Å². The zero-order valence-electron chi connectivity index (χ0n) is 13.0. The molecule has 4 nitrogen and oxygen atoms in total. The van der Waals surface area contributed by atoms with Gasteiger partial charge in [0.25, 0.3) is 0 Å². The third kappa shape index (κ3) is 2.62. The molecule has 2 aromatic rings. The van der Waals surface area contributed by atoms with Crippen molar-refractivity contribution < 1.29 is 4.74 Å². The second-order valence-electron chi connectivity index (χ2n) is 5.86. The highest BCUT2D eigenvalue weighted by Crippen LogP contribution is 2.33. The minimum atomic E-state index is 0.611. The van der Waals surface area contributed by atoms with E-state index < -0.39 is 0 Å². The fourth-order valence-corrected chi connectivity index (χ4v) is 2.88. The van der Waals surface area contributed by atoms with Gasteiger partial charge in [-0.05, 0) is 37.8 Å². The number of ether oxygens (including phenoxy) is 1. The number of hydrogen-bond donors (Lipinski definition) is 1. The fraction of sp³-hybridized carbons (Fsp3) is 0.471. The smallest absolute Gasteiger partial charge is 0.145 e. The summed E-state index contributed by atoms with van der Waals surface area (Å²) in [5.41, 5.74) is 3.60. The average molecular weight is 285 g/mol. The first-order valence-corrected chi connectivity index (χ1v) is 7.77. The molecule has 0 aliphatic carbocycles. The number of hydrogen-bond acceptors (Lipinski definition) is 3. The van der Waals surface area contributed by atoms with Crippen LogP contribution in [0.15, 0.2) is 24.3 Å². The highest BCUT2D eigenvalue weighted by Gasteiger charge is 2.24. The average Bonchev–Trinajstić information content (AvgIpc) is 3.03. The number of nitrogens with one attached hydrogen (secondary N) is 1. The Morgan fingerprint density at radius 3 is 2.90 bits per heavy atom. The summed E-state index contributed by atoms with van der Waals surface area (Å²) < 4.78 is 7.77. The molecule has 1 aliphatic rings. The summed E-state index contributed by atoms with van der Waals surface area (Å²) >= 11 is 0. The Labute approximate surface area is 126 Å². The number of aromatic nitrogens is 2. The molecule has 0 atom stereocenters. The van der Waals surface area contributed by atoms with Crippen LogP contribution in [0.25, 0.3) is 5.69 Å². The van der Waals surface area contributed by atoms with E-state index >= 15 is 0 Å². The minimum absolute atomic E-state index is 0.611. The van der Waals surface area contributed by atoms with Crippen LogP contribution in [0.3, 0.4) is 0 Å². The van der Waals surface area contributed by atoms with E-state index in [0.29, 0.717) is 12.5 Å². The van der Waals surface area contributed by atoms with Crippen molar-refractivity contribution in [3.63, 3.8) is 0 Å². The van der Waals surface area contributed by atoms with E-state index in [9.17, 15) is 0 Å². The number of para-hydroxylation sites is 2. The molecule has 1 aromatic carbocycles. The molecule has 0 unspecified atom stereocenters. The van der Waals surface area contributed by atoms with Gasteiger partial charge in [-0.25, -0.2) is 4.68 Å². The van der Waals surface area contributed by atoms with Crippen LogP contribution in [-0.4, -0.2) is 22.9 Å². The quantitative estimate of drug-likeness (QED) is 0.914. The molecule has 0 spiro atoms. The predicted octanol–water partition coefficient (Wildman–Crippen LogP) is 3.44. The number of nitrogens with zero attached hydrogens (tertiary/aromatic N) is 2. The minimum Gasteiger partial charge on any atom is -0.492 e. The lowest BCUT2D eigenvalue weighted by atomic mass is 10.0. The number of benzene rings is 1. The van der Waals surface area contributed by atoms with E-state index in [1.165, 1.54) is 11.3 Å². The summed E-state index contributed by atoms with van der Waals surface area (Å²) in [6.45, 7) is 8.14. The molecule has 0 radical (unpaired) electrons. The van der Waals surface area contributed by atoms with Gasteiger partial charge in [-0.1, -0.05) is 26.0 Å². The molecule has 1 aromatic heterocycles. The molecule has 0 fully saturated rings. The zero-order chi connectivity index (χ0) is 14.8. The van der Waals surface area contributed by atoms with Crippen LogP contribution in [0.2, 0.25) is 0 Å². The normalized spacial score (nSPS) is 13.3. The van der Waals surface area contributed by atoms with Crippen molar-refractivity contribution in [2.45, 2.75) is 33.6 Å². The molecule has 112 valence electrons. The molecule has 0 saturated carbocycles. The van der Waals surface area contributed by atoms with Gasteiger partial charge < -0.3 is 10.1 Å². The van der Waals surface area contributed by atoms with Crippen LogP contribution in [0.4, 0.5) is 5.82 Å². The van der Waals surface area contributed by atoms with Gasteiger partial charge in [0.1, 0.15) is 17.3 Å². The van der Waals surface area contributed by atoms with E-state index in [1.54, 1.807) is 0 Å². The summed E-state index contributed by atoms with van der Waals surface area (Å²) in [5, 5.41) is 8.33. The first kappa shape index (κ1) is 14.0. The molecule has 21 heavy (non-hydrogen) atoms. The van der Waals surface area contributed by atoms with Gasteiger partial charge in [0, 0.05) is 12.1 Å². The fourth-order valence-electron chi connectivity index (χ4n) is 2.88. The summed E-state index contributed by atoms with van der Waals surface area (Å²) in [4.78, 5) is 0. The molecule has 2 heterocycles. The maximum Gasteiger partial charge on any atom is 0.145 e. The molecule has 3 rings (SSSR count). The lowest BCUT2D eigenvalue weighted by Crippen LogP contribution is -2.07. The topological polar surface area (TPSA) is 39.1 Å². The zero-order valence-corrected chi connectivity index (χ0v) is 13.0. The second-order valence-corrected chi connectivity index (χ2v) is 5.86. The molecule has 0 bridgehead atoms. The van der Waals surface area contributed by atoms with Gasteiger partial charge in [0.15, 0.2) is 0 Å². The van der Waals surface area contributed by atoms with E-state index in [-0.39, 0.29) is 0 Å². The van der Waals surface area contributed by atoms with Gasteiger partial charge in [0.2, 0.25) is 0 Å². The number of fused-ring (bicyclic) bond motifs is 1. The van der Waals surface area contributed by atoms with Crippen molar-refractivity contribution in [3.05, 3.63) is 35.5 Å². The lowest BCUT2D eigenvalue weighted by Gasteiger charge is -2.12. The highest BCUT2D eigenvalue weighted by atomic mass is 16.5. The lowest BCUT2D eigenvalue weighted by molar-refractivity contribution is 0.338. The van der Waals surface area contributed by atoms with Crippen molar-refractivity contribution in [2.24, 2.45) is 5.92 Å². The standard InChI is InChI=1S/C17H23N3O/c1-4-21-16-8-6-5-7-15(16)20-17-13(9-10-18-17)14(19-20)11-12(2)3/h5-8,12,18H,4,9-11H2,1-3H3. The predicted molar refractivity (Wildman–Crippen MR) is 85.5 cm³/mol. The maximum atomic E-state index is 5.75. The van der Waals surface area contributed by atoms with Crippen molar-refractivity contribution in [2.75, 3.05) is 18.5 Å². The van der Waals surface area contributed by atoms with Crippen LogP contribution in [0, 0.1) is 5.92 Å². The van der Waals surface area contributed by atoms with Crippen LogP contribution < -0.4 is 10.1 Å². The van der Waals surface area contributed by atoms with E-state index in [4.69, 9.17) is 9.84 Å². The Balaban J connectivity index is 2.07. The largest absolute Gasteiger partial charge is 0.492 e. The molecule has 4 heteroatoms. The van der Waals surface area contributed by atoms with E-state index in [1.807, 2.05) is 29.8 Å². The second kappa shape index (κ2) is 5.80. The van der Waals surface area contributed by atoms with Crippen molar-refractivity contribution in [3.8, 4) is 11.4 Å². The van der Waals surface area contributed by atoms with Gasteiger partial charge >= 0.3 is 0 Å². The summed E-state index contributed by atoms with van der Waals surface area (Å²) in [7, 11) is 0. The Morgan fingerprint density at radius 1 is 1.33 bits per heavy atom. The van der Waals surface area contributed by atoms with Gasteiger partial charge in [0.05, 0.1) is 12.3 Å². The van der Waals surface area contributed by atoms with Gasteiger partial charge in [-0.15, -0.1) is 0 Å². The maximum absolute atomic E-state index is 5.75. The third-order valence-electron chi connectivity index (χ3n) is 3.73. The number of rotatable bonds is 5.